The molecular formula is C24H31N7O3. The van der Waals surface area contributed by atoms with Crippen LogP contribution in [0.2, 0.25) is 0 Å². The second-order valence-corrected chi connectivity index (χ2v) is 9.62. The summed E-state index contributed by atoms with van der Waals surface area (Å²) in [5.41, 5.74) is 9.36. The van der Waals surface area contributed by atoms with Gasteiger partial charge in [0.1, 0.15) is 11.3 Å². The van der Waals surface area contributed by atoms with Gasteiger partial charge < -0.3 is 15.4 Å². The highest BCUT2D eigenvalue weighted by Gasteiger charge is 2.31. The van der Waals surface area contributed by atoms with E-state index in [0.29, 0.717) is 30.7 Å². The molecule has 2 N–H and O–H groups in total. The number of hydrogen-bond acceptors (Lipinski definition) is 6. The molecule has 0 aromatic carbocycles. The van der Waals surface area contributed by atoms with E-state index in [0.717, 1.165) is 23.3 Å². The van der Waals surface area contributed by atoms with Crippen molar-refractivity contribution in [2.75, 3.05) is 13.1 Å². The molecule has 4 rings (SSSR count). The smallest absolute Gasteiger partial charge is 0.410 e. The van der Waals surface area contributed by atoms with Gasteiger partial charge in [0, 0.05) is 61.7 Å². The van der Waals surface area contributed by atoms with Gasteiger partial charge in [0.2, 0.25) is 0 Å². The summed E-state index contributed by atoms with van der Waals surface area (Å²) in [4.78, 5) is 31.5. The van der Waals surface area contributed by atoms with Crippen LogP contribution < -0.4 is 5.73 Å². The van der Waals surface area contributed by atoms with Crippen LogP contribution >= 0.6 is 0 Å². The number of rotatable bonds is 4. The number of nitrogens with two attached hydrogens (primary N) is 1. The van der Waals surface area contributed by atoms with E-state index in [1.54, 1.807) is 20.3 Å². The van der Waals surface area contributed by atoms with Crippen molar-refractivity contribution in [3.8, 4) is 11.1 Å². The Kier molecular flexibility index (Phi) is 6.16. The molecule has 0 radical (unpaired) electrons. The molecule has 2 amide bonds. The number of aromatic nitrogens is 4. The number of primary amides is 1. The molecule has 0 aliphatic carbocycles. The van der Waals surface area contributed by atoms with E-state index >= 15 is 0 Å². The summed E-state index contributed by atoms with van der Waals surface area (Å²) in [6.07, 6.45) is 8.08. The van der Waals surface area contributed by atoms with Gasteiger partial charge in [-0.3, -0.25) is 14.5 Å². The summed E-state index contributed by atoms with van der Waals surface area (Å²) in [5, 5.41) is 8.60. The van der Waals surface area contributed by atoms with Gasteiger partial charge in [-0.05, 0) is 33.3 Å². The second-order valence-electron chi connectivity index (χ2n) is 9.62. The normalized spacial score (nSPS) is 18.0. The minimum atomic E-state index is -0.585. The summed E-state index contributed by atoms with van der Waals surface area (Å²) >= 11 is 0. The molecule has 34 heavy (non-hydrogen) atoms. The van der Waals surface area contributed by atoms with Gasteiger partial charge in [0.25, 0.3) is 5.91 Å². The maximum atomic E-state index is 12.6. The fourth-order valence-corrected chi connectivity index (χ4v) is 4.13. The summed E-state index contributed by atoms with van der Waals surface area (Å²) < 4.78 is 8.97. The fourth-order valence-electron chi connectivity index (χ4n) is 4.13. The predicted molar refractivity (Wildman–Crippen MR) is 129 cm³/mol. The van der Waals surface area contributed by atoms with Crippen LogP contribution in [0, 0.1) is 5.92 Å². The van der Waals surface area contributed by atoms with Crippen LogP contribution in [-0.2, 0) is 11.8 Å². The SMILES string of the molecule is CC[C@@H]1CN(C(=O)OC(C)(C)C)CCC1=Nc1c(C(N)=O)cnn2cc(-c3cnn(C)c3)cc12. The number of piperidine rings is 1. The van der Waals surface area contributed by atoms with Crippen molar-refractivity contribution < 1.29 is 14.3 Å². The first-order chi connectivity index (χ1) is 16.1. The van der Waals surface area contributed by atoms with E-state index in [-0.39, 0.29) is 17.6 Å². The van der Waals surface area contributed by atoms with E-state index in [1.807, 2.05) is 46.3 Å². The number of aliphatic imine (C=N–C) groups is 1. The Hall–Kier alpha value is -3.69. The predicted octanol–water partition coefficient (Wildman–Crippen LogP) is 3.57. The molecule has 1 saturated heterocycles. The third-order valence-corrected chi connectivity index (χ3v) is 5.86. The molecule has 3 aromatic heterocycles. The maximum Gasteiger partial charge on any atom is 0.410 e. The summed E-state index contributed by atoms with van der Waals surface area (Å²) in [7, 11) is 1.86. The lowest BCUT2D eigenvalue weighted by molar-refractivity contribution is 0.0223. The average Bonchev–Trinajstić information content (AvgIpc) is 3.39. The zero-order valence-electron chi connectivity index (χ0n) is 20.3. The molecule has 0 spiro atoms. The van der Waals surface area contributed by atoms with E-state index in [9.17, 15) is 9.59 Å². The Labute approximate surface area is 198 Å². The third kappa shape index (κ3) is 4.80. The van der Waals surface area contributed by atoms with E-state index in [4.69, 9.17) is 15.5 Å². The van der Waals surface area contributed by atoms with Gasteiger partial charge in [0.15, 0.2) is 0 Å². The lowest BCUT2D eigenvalue weighted by Gasteiger charge is -2.34. The van der Waals surface area contributed by atoms with Gasteiger partial charge >= 0.3 is 6.09 Å². The fraction of sp³-hybridized carbons (Fsp3) is 0.458. The van der Waals surface area contributed by atoms with Crippen LogP contribution in [0.5, 0.6) is 0 Å². The number of likely N-dealkylation sites (tertiary alicyclic amines) is 1. The van der Waals surface area contributed by atoms with Crippen LogP contribution in [0.4, 0.5) is 10.5 Å². The van der Waals surface area contributed by atoms with Gasteiger partial charge in [-0.2, -0.15) is 10.2 Å². The Morgan fingerprint density at radius 3 is 2.59 bits per heavy atom. The van der Waals surface area contributed by atoms with Crippen LogP contribution in [0.1, 0.15) is 50.9 Å². The average molecular weight is 466 g/mol. The molecule has 10 nitrogen and oxygen atoms in total. The number of hydrogen-bond donors (Lipinski definition) is 1. The maximum absolute atomic E-state index is 12.6. The topological polar surface area (TPSA) is 120 Å². The van der Waals surface area contributed by atoms with Crippen LogP contribution in [0.25, 0.3) is 16.6 Å². The van der Waals surface area contributed by atoms with Gasteiger partial charge in [-0.1, -0.05) is 6.92 Å². The van der Waals surface area contributed by atoms with Crippen molar-refractivity contribution in [3.05, 3.63) is 36.4 Å². The number of aryl methyl sites for hydroxylation is 1. The summed E-state index contributed by atoms with van der Waals surface area (Å²) in [6.45, 7) is 8.65. The monoisotopic (exact) mass is 465 g/mol. The largest absolute Gasteiger partial charge is 0.444 e. The quantitative estimate of drug-likeness (QED) is 0.631. The van der Waals surface area contributed by atoms with E-state index < -0.39 is 11.5 Å². The number of amides is 2. The first kappa shape index (κ1) is 23.5. The number of carbonyl (C=O) groups is 2. The number of nitrogens with zero attached hydrogens (tertiary/aromatic N) is 6. The van der Waals surface area contributed by atoms with Crippen LogP contribution in [0.3, 0.4) is 0 Å². The number of carbonyl (C=O) groups excluding carboxylic acids is 2. The molecule has 1 aliphatic heterocycles. The molecule has 0 bridgehead atoms. The summed E-state index contributed by atoms with van der Waals surface area (Å²) in [5.74, 6) is -0.541. The molecule has 0 unspecified atom stereocenters. The Balaban J connectivity index is 1.71. The highest BCUT2D eigenvalue weighted by molar-refractivity contribution is 6.04. The zero-order chi connectivity index (χ0) is 24.6. The molecule has 1 atom stereocenters. The van der Waals surface area contributed by atoms with E-state index in [2.05, 4.69) is 17.1 Å². The van der Waals surface area contributed by atoms with Crippen molar-refractivity contribution in [1.82, 2.24) is 24.3 Å². The van der Waals surface area contributed by atoms with Crippen molar-refractivity contribution in [2.45, 2.75) is 46.1 Å². The molecule has 1 fully saturated rings. The van der Waals surface area contributed by atoms with Crippen molar-refractivity contribution in [3.63, 3.8) is 0 Å². The van der Waals surface area contributed by atoms with Crippen LogP contribution in [0.15, 0.2) is 35.8 Å². The minimum absolute atomic E-state index is 0.0444. The molecule has 4 heterocycles. The Bertz CT molecular complexity index is 1270. The standard InChI is InChI=1S/C24H31N7O3/c1-6-15-13-30(23(33)34-24(2,3)4)8-7-19(15)28-21-18(22(25)32)11-27-31-14-16(9-20(21)31)17-10-26-29(5)12-17/h9-12,14-15H,6-8,13H2,1-5H3,(H2,25,32)/t15-/m1/s1. The number of ether oxygens (including phenoxy) is 1. The molecule has 10 heteroatoms. The van der Waals surface area contributed by atoms with Gasteiger partial charge in [-0.25, -0.2) is 9.31 Å². The molecule has 0 saturated carbocycles. The molecule has 3 aromatic rings. The molecule has 180 valence electrons. The van der Waals surface area contributed by atoms with E-state index in [1.165, 1.54) is 6.20 Å². The minimum Gasteiger partial charge on any atom is -0.444 e. The molecular weight excluding hydrogens is 434 g/mol. The van der Waals surface area contributed by atoms with Gasteiger partial charge in [0.05, 0.1) is 23.5 Å². The third-order valence-electron chi connectivity index (χ3n) is 5.86. The summed E-state index contributed by atoms with van der Waals surface area (Å²) in [6, 6.07) is 1.94. The van der Waals surface area contributed by atoms with Crippen molar-refractivity contribution in [2.24, 2.45) is 23.7 Å². The Morgan fingerprint density at radius 1 is 1.21 bits per heavy atom. The van der Waals surface area contributed by atoms with Gasteiger partial charge in [-0.15, -0.1) is 0 Å². The number of fused-ring (bicyclic) bond motifs is 1. The zero-order valence-corrected chi connectivity index (χ0v) is 20.3. The van der Waals surface area contributed by atoms with Crippen LogP contribution in [-0.4, -0.2) is 60.7 Å². The first-order valence-electron chi connectivity index (χ1n) is 11.4. The lowest BCUT2D eigenvalue weighted by Crippen LogP contribution is -2.46. The van der Waals surface area contributed by atoms with Crippen molar-refractivity contribution in [1.29, 1.82) is 0 Å². The highest BCUT2D eigenvalue weighted by Crippen LogP contribution is 2.32. The lowest BCUT2D eigenvalue weighted by atomic mass is 9.93. The molecule has 1 aliphatic rings. The highest BCUT2D eigenvalue weighted by atomic mass is 16.6. The van der Waals surface area contributed by atoms with Crippen molar-refractivity contribution >= 4 is 28.9 Å². The Morgan fingerprint density at radius 2 is 1.97 bits per heavy atom. The first-order valence-corrected chi connectivity index (χ1v) is 11.4. The second kappa shape index (κ2) is 8.92.